The highest BCUT2D eigenvalue weighted by atomic mass is 35.5. The van der Waals surface area contributed by atoms with Gasteiger partial charge in [-0.3, -0.25) is 14.6 Å². The van der Waals surface area contributed by atoms with Crippen molar-refractivity contribution in [3.05, 3.63) is 137 Å². The van der Waals surface area contributed by atoms with E-state index in [-0.39, 0.29) is 12.3 Å². The van der Waals surface area contributed by atoms with E-state index in [0.29, 0.717) is 16.3 Å². The molecule has 3 aromatic carbocycles. The number of nitrogens with zero attached hydrogens (tertiary/aromatic N) is 1. The van der Waals surface area contributed by atoms with Crippen LogP contribution in [0.1, 0.15) is 45.7 Å². The van der Waals surface area contributed by atoms with Crippen LogP contribution in [0.3, 0.4) is 0 Å². The van der Waals surface area contributed by atoms with Crippen molar-refractivity contribution in [2.75, 3.05) is 0 Å². The van der Waals surface area contributed by atoms with Crippen LogP contribution in [0, 0.1) is 0 Å². The molecule has 0 radical (unpaired) electrons. The quantitative estimate of drug-likeness (QED) is 0.324. The molecular weight excluding hydrogens is 448 g/mol. The zero-order valence-electron chi connectivity index (χ0n) is 18.3. The van der Waals surface area contributed by atoms with Gasteiger partial charge in [-0.05, 0) is 35.4 Å². The second kappa shape index (κ2) is 11.3. The number of halogens is 1. The van der Waals surface area contributed by atoms with Crippen LogP contribution in [0.15, 0.2) is 109 Å². The molecule has 2 atom stereocenters. The molecule has 4 rings (SSSR count). The molecule has 170 valence electrons. The van der Waals surface area contributed by atoms with E-state index < -0.39 is 18.1 Å². The zero-order chi connectivity index (χ0) is 23.8. The molecule has 6 heteroatoms. The van der Waals surface area contributed by atoms with E-state index in [1.807, 2.05) is 78.9 Å². The number of hydrogen-bond acceptors (Lipinski definition) is 4. The molecule has 34 heavy (non-hydrogen) atoms. The van der Waals surface area contributed by atoms with E-state index in [2.05, 4.69) is 10.3 Å². The van der Waals surface area contributed by atoms with Crippen LogP contribution in [-0.2, 0) is 9.53 Å². The number of rotatable bonds is 8. The molecule has 1 aromatic heterocycles. The first-order valence-electron chi connectivity index (χ1n) is 10.9. The number of aromatic nitrogens is 1. The van der Waals surface area contributed by atoms with Crippen molar-refractivity contribution in [2.24, 2.45) is 0 Å². The molecule has 2 unspecified atom stereocenters. The second-order valence-corrected chi connectivity index (χ2v) is 8.06. The Balaban J connectivity index is 1.56. The Kier molecular flexibility index (Phi) is 7.68. The number of benzene rings is 3. The van der Waals surface area contributed by atoms with Gasteiger partial charge in [0.2, 0.25) is 0 Å². The highest BCUT2D eigenvalue weighted by molar-refractivity contribution is 6.33. The second-order valence-electron chi connectivity index (χ2n) is 7.66. The lowest BCUT2D eigenvalue weighted by Crippen LogP contribution is -2.31. The monoisotopic (exact) mass is 470 g/mol. The van der Waals surface area contributed by atoms with Gasteiger partial charge in [-0.1, -0.05) is 90.5 Å². The Morgan fingerprint density at radius 1 is 0.794 bits per heavy atom. The SMILES string of the molecule is O=C(CC(NC(=O)c1ccccc1Cl)c1ccccc1)OC(c1ccccc1)c1ccccn1. The third kappa shape index (κ3) is 5.88. The molecule has 0 spiro atoms. The highest BCUT2D eigenvalue weighted by Gasteiger charge is 2.25. The fourth-order valence-electron chi connectivity index (χ4n) is 3.62. The number of amides is 1. The summed E-state index contributed by atoms with van der Waals surface area (Å²) < 4.78 is 5.91. The summed E-state index contributed by atoms with van der Waals surface area (Å²) in [4.78, 5) is 30.5. The molecule has 4 aromatic rings. The van der Waals surface area contributed by atoms with E-state index in [0.717, 1.165) is 11.1 Å². The maximum atomic E-state index is 13.1. The standard InChI is InChI=1S/C28H23ClN2O3/c29-23-16-8-7-15-22(23)28(33)31-25(20-11-3-1-4-12-20)19-26(32)34-27(21-13-5-2-6-14-21)24-17-9-10-18-30-24/h1-18,25,27H,19H2,(H,31,33). The average molecular weight is 471 g/mol. The number of hydrogen-bond donors (Lipinski definition) is 1. The van der Waals surface area contributed by atoms with Gasteiger partial charge in [0.25, 0.3) is 5.91 Å². The van der Waals surface area contributed by atoms with Crippen LogP contribution in [-0.4, -0.2) is 16.9 Å². The summed E-state index contributed by atoms with van der Waals surface area (Å²) in [7, 11) is 0. The Morgan fingerprint density at radius 2 is 1.41 bits per heavy atom. The molecule has 1 amide bonds. The van der Waals surface area contributed by atoms with Crippen LogP contribution in [0.2, 0.25) is 5.02 Å². The predicted octanol–water partition coefficient (Wildman–Crippen LogP) is 5.93. The average Bonchev–Trinajstić information content (AvgIpc) is 2.88. The van der Waals surface area contributed by atoms with Gasteiger partial charge >= 0.3 is 5.97 Å². The predicted molar refractivity (Wildman–Crippen MR) is 131 cm³/mol. The highest BCUT2D eigenvalue weighted by Crippen LogP contribution is 2.27. The van der Waals surface area contributed by atoms with Crippen molar-refractivity contribution >= 4 is 23.5 Å². The topological polar surface area (TPSA) is 68.3 Å². The molecule has 0 aliphatic rings. The number of esters is 1. The lowest BCUT2D eigenvalue weighted by Gasteiger charge is -2.22. The van der Waals surface area contributed by atoms with Crippen LogP contribution in [0.4, 0.5) is 0 Å². The van der Waals surface area contributed by atoms with Gasteiger partial charge in [-0.2, -0.15) is 0 Å². The first kappa shape index (κ1) is 23.2. The number of pyridine rings is 1. The summed E-state index contributed by atoms with van der Waals surface area (Å²) in [6.45, 7) is 0. The number of ether oxygens (including phenoxy) is 1. The molecule has 1 heterocycles. The molecule has 0 aliphatic heterocycles. The molecule has 0 saturated heterocycles. The summed E-state index contributed by atoms with van der Waals surface area (Å²) in [6, 6.07) is 30.4. The van der Waals surface area contributed by atoms with Crippen LogP contribution < -0.4 is 5.32 Å². The van der Waals surface area contributed by atoms with Gasteiger partial charge in [0, 0.05) is 6.20 Å². The van der Waals surface area contributed by atoms with Crippen LogP contribution in [0.5, 0.6) is 0 Å². The zero-order valence-corrected chi connectivity index (χ0v) is 19.1. The van der Waals surface area contributed by atoms with E-state index in [1.165, 1.54) is 0 Å². The summed E-state index contributed by atoms with van der Waals surface area (Å²) in [6.07, 6.45) is 0.942. The van der Waals surface area contributed by atoms with Crippen molar-refractivity contribution in [3.63, 3.8) is 0 Å². The first-order valence-corrected chi connectivity index (χ1v) is 11.3. The number of carbonyl (C=O) groups excluding carboxylic acids is 2. The van der Waals surface area contributed by atoms with Gasteiger partial charge in [0.15, 0.2) is 6.10 Å². The Hall–Kier alpha value is -3.96. The summed E-state index contributed by atoms with van der Waals surface area (Å²) in [5.41, 5.74) is 2.56. The van der Waals surface area contributed by atoms with Crippen molar-refractivity contribution < 1.29 is 14.3 Å². The largest absolute Gasteiger partial charge is 0.451 e. The Morgan fingerprint density at radius 3 is 2.06 bits per heavy atom. The maximum Gasteiger partial charge on any atom is 0.309 e. The van der Waals surface area contributed by atoms with Gasteiger partial charge in [0.1, 0.15) is 0 Å². The van der Waals surface area contributed by atoms with Crippen molar-refractivity contribution in [3.8, 4) is 0 Å². The Labute approximate surface area is 203 Å². The molecule has 0 fully saturated rings. The summed E-state index contributed by atoms with van der Waals surface area (Å²) in [5.74, 6) is -0.829. The van der Waals surface area contributed by atoms with Crippen LogP contribution in [0.25, 0.3) is 0 Å². The number of carbonyl (C=O) groups is 2. The normalized spacial score (nSPS) is 12.4. The van der Waals surface area contributed by atoms with Gasteiger partial charge in [0.05, 0.1) is 28.7 Å². The summed E-state index contributed by atoms with van der Waals surface area (Å²) >= 11 is 6.20. The minimum absolute atomic E-state index is 0.0592. The lowest BCUT2D eigenvalue weighted by atomic mass is 10.0. The van der Waals surface area contributed by atoms with Gasteiger partial charge in [-0.25, -0.2) is 0 Å². The minimum Gasteiger partial charge on any atom is -0.451 e. The number of nitrogens with one attached hydrogen (secondary N) is 1. The van der Waals surface area contributed by atoms with Crippen molar-refractivity contribution in [1.29, 1.82) is 0 Å². The van der Waals surface area contributed by atoms with E-state index in [1.54, 1.807) is 30.5 Å². The maximum absolute atomic E-state index is 13.1. The van der Waals surface area contributed by atoms with Crippen molar-refractivity contribution in [1.82, 2.24) is 10.3 Å². The van der Waals surface area contributed by atoms with E-state index in [4.69, 9.17) is 16.3 Å². The van der Waals surface area contributed by atoms with Gasteiger partial charge in [-0.15, -0.1) is 0 Å². The molecule has 0 aliphatic carbocycles. The first-order chi connectivity index (χ1) is 16.6. The van der Waals surface area contributed by atoms with Crippen LogP contribution >= 0.6 is 11.6 Å². The molecule has 0 saturated carbocycles. The molecule has 0 bridgehead atoms. The minimum atomic E-state index is -0.661. The molecule has 5 nitrogen and oxygen atoms in total. The smallest absolute Gasteiger partial charge is 0.309 e. The fraction of sp³-hybridized carbons (Fsp3) is 0.107. The third-order valence-electron chi connectivity index (χ3n) is 5.30. The Bertz CT molecular complexity index is 1190. The van der Waals surface area contributed by atoms with Crippen molar-refractivity contribution in [2.45, 2.75) is 18.6 Å². The summed E-state index contributed by atoms with van der Waals surface area (Å²) in [5, 5.41) is 3.28. The fourth-order valence-corrected chi connectivity index (χ4v) is 3.84. The molecular formula is C28H23ClN2O3. The van der Waals surface area contributed by atoms with E-state index in [9.17, 15) is 9.59 Å². The third-order valence-corrected chi connectivity index (χ3v) is 5.63. The van der Waals surface area contributed by atoms with E-state index >= 15 is 0 Å². The molecule has 1 N–H and O–H groups in total. The van der Waals surface area contributed by atoms with Gasteiger partial charge < -0.3 is 10.1 Å². The lowest BCUT2D eigenvalue weighted by molar-refractivity contribution is -0.148.